The van der Waals surface area contributed by atoms with E-state index in [0.29, 0.717) is 0 Å². The SMILES string of the molecule is Cc1cc(Cl)cc(C(=O)NC2CON(CC(F)(F)F)C2=O)c1NC(=O)c1cc(OCC(F)(F)F)nn1-c1ncccc1Cl. The van der Waals surface area contributed by atoms with E-state index >= 15 is 0 Å². The summed E-state index contributed by atoms with van der Waals surface area (Å²) < 4.78 is 81.8. The second-order valence-corrected chi connectivity index (χ2v) is 9.75. The molecule has 2 aromatic heterocycles. The first-order chi connectivity index (χ1) is 20.0. The first-order valence-corrected chi connectivity index (χ1v) is 12.6. The van der Waals surface area contributed by atoms with E-state index in [2.05, 4.69) is 25.5 Å². The summed E-state index contributed by atoms with van der Waals surface area (Å²) in [6.45, 7) is -2.55. The van der Waals surface area contributed by atoms with Gasteiger partial charge in [0, 0.05) is 17.3 Å². The molecule has 0 bridgehead atoms. The van der Waals surface area contributed by atoms with Crippen molar-refractivity contribution in [3.63, 3.8) is 0 Å². The Hall–Kier alpha value is -4.09. The van der Waals surface area contributed by atoms with Gasteiger partial charge in [-0.15, -0.1) is 5.10 Å². The van der Waals surface area contributed by atoms with Crippen LogP contribution >= 0.6 is 23.2 Å². The highest BCUT2D eigenvalue weighted by molar-refractivity contribution is 6.32. The number of benzene rings is 1. The summed E-state index contributed by atoms with van der Waals surface area (Å²) in [6.07, 6.45) is -8.18. The van der Waals surface area contributed by atoms with Gasteiger partial charge in [-0.3, -0.25) is 19.2 Å². The van der Waals surface area contributed by atoms with Crippen LogP contribution in [0, 0.1) is 6.92 Å². The van der Waals surface area contributed by atoms with Gasteiger partial charge in [0.1, 0.15) is 24.9 Å². The molecule has 3 amide bonds. The molecule has 1 aliphatic heterocycles. The third kappa shape index (κ3) is 7.85. The number of hydrogen-bond donors (Lipinski definition) is 2. The third-order valence-electron chi connectivity index (χ3n) is 5.60. The van der Waals surface area contributed by atoms with E-state index in [0.717, 1.165) is 16.8 Å². The molecule has 1 aromatic carbocycles. The smallest absolute Gasteiger partial charge is 0.422 e. The third-order valence-corrected chi connectivity index (χ3v) is 6.11. The van der Waals surface area contributed by atoms with Crippen LogP contribution in [0.15, 0.2) is 36.5 Å². The molecule has 2 N–H and O–H groups in total. The number of nitrogens with zero attached hydrogens (tertiary/aromatic N) is 4. The molecule has 1 atom stereocenters. The highest BCUT2D eigenvalue weighted by Gasteiger charge is 2.41. The van der Waals surface area contributed by atoms with Crippen LogP contribution in [-0.2, 0) is 9.63 Å². The minimum atomic E-state index is -4.75. The van der Waals surface area contributed by atoms with Crippen molar-refractivity contribution in [2.24, 2.45) is 0 Å². The minimum Gasteiger partial charge on any atom is -0.467 e. The lowest BCUT2D eigenvalue weighted by molar-refractivity contribution is -0.214. The van der Waals surface area contributed by atoms with E-state index in [1.54, 1.807) is 0 Å². The van der Waals surface area contributed by atoms with Crippen LogP contribution in [0.3, 0.4) is 0 Å². The number of carbonyl (C=O) groups is 3. The van der Waals surface area contributed by atoms with Gasteiger partial charge in [0.25, 0.3) is 17.7 Å². The van der Waals surface area contributed by atoms with E-state index in [1.807, 2.05) is 0 Å². The van der Waals surface area contributed by atoms with Crippen molar-refractivity contribution in [3.8, 4) is 11.7 Å². The Labute approximate surface area is 247 Å². The molecule has 4 rings (SSSR count). The maximum atomic E-state index is 13.4. The van der Waals surface area contributed by atoms with E-state index in [4.69, 9.17) is 28.0 Å². The van der Waals surface area contributed by atoms with Gasteiger partial charge in [0.15, 0.2) is 12.4 Å². The lowest BCUT2D eigenvalue weighted by atomic mass is 10.1. The predicted octanol–water partition coefficient (Wildman–Crippen LogP) is 4.51. The molecule has 0 radical (unpaired) electrons. The molecule has 3 heterocycles. The van der Waals surface area contributed by atoms with E-state index < -0.39 is 67.4 Å². The van der Waals surface area contributed by atoms with E-state index in [-0.39, 0.29) is 37.7 Å². The summed E-state index contributed by atoms with van der Waals surface area (Å²) in [4.78, 5) is 47.7. The fourth-order valence-corrected chi connectivity index (χ4v) is 4.28. The summed E-state index contributed by atoms with van der Waals surface area (Å²) in [5, 5.41) is 8.63. The van der Waals surface area contributed by atoms with Crippen molar-refractivity contribution in [2.75, 3.05) is 25.1 Å². The fraction of sp³-hybridized carbons (Fsp3) is 0.292. The number of aryl methyl sites for hydroxylation is 1. The Bertz CT molecular complexity index is 1560. The van der Waals surface area contributed by atoms with Crippen LogP contribution < -0.4 is 15.4 Å². The standard InChI is InChI=1S/C24H18Cl2F6N6O5/c1-11-5-12(25)6-13(20(39)34-15-8-43-37(22(15)41)9-23(27,28)29)18(11)35-21(40)16-7-17(42-10-24(30,31)32)36-38(16)19-14(26)3-2-4-33-19/h2-7,15H,8-10H2,1H3,(H,34,39)(H,35,40). The number of halogens is 8. The summed E-state index contributed by atoms with van der Waals surface area (Å²) >= 11 is 12.3. The van der Waals surface area contributed by atoms with Crippen molar-refractivity contribution in [2.45, 2.75) is 25.3 Å². The molecule has 1 unspecified atom stereocenters. The summed E-state index contributed by atoms with van der Waals surface area (Å²) in [5.41, 5.74) is -0.617. The minimum absolute atomic E-state index is 0.0206. The van der Waals surface area contributed by atoms with Crippen molar-refractivity contribution < 1.29 is 50.3 Å². The first kappa shape index (κ1) is 31.8. The van der Waals surface area contributed by atoms with Crippen LogP contribution in [0.4, 0.5) is 32.0 Å². The van der Waals surface area contributed by atoms with Gasteiger partial charge >= 0.3 is 12.4 Å². The maximum absolute atomic E-state index is 13.4. The number of anilines is 1. The highest BCUT2D eigenvalue weighted by Crippen LogP contribution is 2.29. The van der Waals surface area contributed by atoms with E-state index in [9.17, 15) is 40.7 Å². The van der Waals surface area contributed by atoms with Crippen molar-refractivity contribution in [3.05, 3.63) is 63.4 Å². The van der Waals surface area contributed by atoms with Gasteiger partial charge in [-0.2, -0.15) is 26.3 Å². The number of alkyl halides is 6. The first-order valence-electron chi connectivity index (χ1n) is 11.9. The quantitative estimate of drug-likeness (QED) is 0.342. The number of ether oxygens (including phenoxy) is 1. The maximum Gasteiger partial charge on any atom is 0.422 e. The van der Waals surface area contributed by atoms with Crippen LogP contribution in [0.25, 0.3) is 5.82 Å². The molecule has 1 aliphatic rings. The number of rotatable bonds is 8. The average molecular weight is 655 g/mol. The lowest BCUT2D eigenvalue weighted by Crippen LogP contribution is -2.44. The van der Waals surface area contributed by atoms with Gasteiger partial charge in [0.2, 0.25) is 5.88 Å². The molecule has 1 saturated heterocycles. The zero-order valence-electron chi connectivity index (χ0n) is 21.5. The molecule has 11 nitrogen and oxygen atoms in total. The van der Waals surface area contributed by atoms with Gasteiger partial charge in [-0.25, -0.2) is 14.7 Å². The van der Waals surface area contributed by atoms with Crippen molar-refractivity contribution >= 4 is 46.6 Å². The molecular weight excluding hydrogens is 637 g/mol. The molecule has 0 saturated carbocycles. The topological polar surface area (TPSA) is 128 Å². The molecule has 43 heavy (non-hydrogen) atoms. The number of aromatic nitrogens is 3. The molecular formula is C24H18Cl2F6N6O5. The Morgan fingerprint density at radius 3 is 2.49 bits per heavy atom. The van der Waals surface area contributed by atoms with Crippen LogP contribution in [0.5, 0.6) is 5.88 Å². The Morgan fingerprint density at radius 2 is 1.84 bits per heavy atom. The monoisotopic (exact) mass is 654 g/mol. The molecule has 0 aliphatic carbocycles. The van der Waals surface area contributed by atoms with E-state index in [1.165, 1.54) is 31.3 Å². The fourth-order valence-electron chi connectivity index (χ4n) is 3.81. The summed E-state index contributed by atoms with van der Waals surface area (Å²) in [7, 11) is 0. The average Bonchev–Trinajstić information content (AvgIpc) is 3.47. The second-order valence-electron chi connectivity index (χ2n) is 8.90. The van der Waals surface area contributed by atoms with Gasteiger partial charge in [-0.1, -0.05) is 23.2 Å². The van der Waals surface area contributed by atoms with Crippen LogP contribution in [-0.4, -0.2) is 75.7 Å². The highest BCUT2D eigenvalue weighted by atomic mass is 35.5. The predicted molar refractivity (Wildman–Crippen MR) is 137 cm³/mol. The Kier molecular flexibility index (Phi) is 9.08. The van der Waals surface area contributed by atoms with Crippen LogP contribution in [0.1, 0.15) is 26.4 Å². The Balaban J connectivity index is 1.63. The zero-order chi connectivity index (χ0) is 31.7. The number of pyridine rings is 1. The number of nitrogens with one attached hydrogen (secondary N) is 2. The molecule has 1 fully saturated rings. The zero-order valence-corrected chi connectivity index (χ0v) is 23.0. The summed E-state index contributed by atoms with van der Waals surface area (Å²) in [5.74, 6) is -3.90. The van der Waals surface area contributed by atoms with Gasteiger partial charge in [-0.05, 0) is 36.8 Å². The second kappa shape index (κ2) is 12.3. The largest absolute Gasteiger partial charge is 0.467 e. The Morgan fingerprint density at radius 1 is 1.12 bits per heavy atom. The number of hydrogen-bond acceptors (Lipinski definition) is 7. The van der Waals surface area contributed by atoms with Crippen molar-refractivity contribution in [1.29, 1.82) is 0 Å². The normalized spacial score (nSPS) is 15.5. The summed E-state index contributed by atoms with van der Waals surface area (Å²) in [6, 6.07) is 4.74. The lowest BCUT2D eigenvalue weighted by Gasteiger charge is -2.18. The van der Waals surface area contributed by atoms with Crippen molar-refractivity contribution in [1.82, 2.24) is 25.1 Å². The van der Waals surface area contributed by atoms with Crippen LogP contribution in [0.2, 0.25) is 10.0 Å². The molecule has 3 aromatic rings. The number of amides is 3. The molecule has 19 heteroatoms. The van der Waals surface area contributed by atoms with Gasteiger partial charge in [0.05, 0.1) is 16.3 Å². The number of hydroxylamine groups is 2. The van der Waals surface area contributed by atoms with Gasteiger partial charge < -0.3 is 15.4 Å². The molecule has 0 spiro atoms. The molecule has 230 valence electrons. The number of carbonyl (C=O) groups excluding carboxylic acids is 3.